The minimum Gasteiger partial charge on any atom is -0.324 e. The van der Waals surface area contributed by atoms with E-state index >= 15 is 0 Å². The van der Waals surface area contributed by atoms with Gasteiger partial charge in [-0.2, -0.15) is 5.10 Å². The Kier molecular flexibility index (Phi) is 4.99. The maximum absolute atomic E-state index is 5.84. The highest BCUT2D eigenvalue weighted by Gasteiger charge is 1.98. The fourth-order valence-corrected chi connectivity index (χ4v) is 2.34. The molecule has 1 heterocycles. The first-order chi connectivity index (χ1) is 11.7. The van der Waals surface area contributed by atoms with Crippen molar-refractivity contribution in [2.45, 2.75) is 13.0 Å². The number of hydrazone groups is 1. The van der Waals surface area contributed by atoms with Gasteiger partial charge >= 0.3 is 0 Å². The third-order valence-electron chi connectivity index (χ3n) is 3.75. The molecule has 120 valence electrons. The van der Waals surface area contributed by atoms with Gasteiger partial charge in [0.25, 0.3) is 0 Å². The Balaban J connectivity index is 1.62. The van der Waals surface area contributed by atoms with Gasteiger partial charge in [0.1, 0.15) is 0 Å². The van der Waals surface area contributed by atoms with Gasteiger partial charge in [-0.25, -0.2) is 0 Å². The fourth-order valence-electron chi connectivity index (χ4n) is 2.34. The van der Waals surface area contributed by atoms with Crippen LogP contribution >= 0.6 is 0 Å². The molecule has 24 heavy (non-hydrogen) atoms. The van der Waals surface area contributed by atoms with Crippen molar-refractivity contribution < 1.29 is 0 Å². The van der Waals surface area contributed by atoms with Crippen LogP contribution in [0.4, 0.5) is 5.69 Å². The molecule has 2 aromatic carbocycles. The van der Waals surface area contributed by atoms with E-state index in [9.17, 15) is 0 Å². The monoisotopic (exact) mass is 316 g/mol. The smallest absolute Gasteiger partial charge is 0.0562 e. The molecule has 0 spiro atoms. The van der Waals surface area contributed by atoms with Gasteiger partial charge in [0.05, 0.1) is 11.9 Å². The van der Waals surface area contributed by atoms with Crippen LogP contribution in [0.1, 0.15) is 24.1 Å². The summed E-state index contributed by atoms with van der Waals surface area (Å²) in [4.78, 5) is 4.14. The van der Waals surface area contributed by atoms with Gasteiger partial charge < -0.3 is 5.73 Å². The van der Waals surface area contributed by atoms with Crippen molar-refractivity contribution in [3.8, 4) is 11.1 Å². The second-order valence-electron chi connectivity index (χ2n) is 5.64. The Morgan fingerprint density at radius 1 is 1.00 bits per heavy atom. The van der Waals surface area contributed by atoms with Crippen LogP contribution in [-0.2, 0) is 0 Å². The van der Waals surface area contributed by atoms with Crippen molar-refractivity contribution in [2.75, 3.05) is 5.43 Å². The van der Waals surface area contributed by atoms with E-state index in [2.05, 4.69) is 15.5 Å². The lowest BCUT2D eigenvalue weighted by atomic mass is 10.1. The van der Waals surface area contributed by atoms with E-state index < -0.39 is 0 Å². The van der Waals surface area contributed by atoms with Crippen LogP contribution in [0.2, 0.25) is 0 Å². The van der Waals surface area contributed by atoms with E-state index in [1.807, 2.05) is 73.8 Å². The van der Waals surface area contributed by atoms with Gasteiger partial charge in [-0.15, -0.1) is 0 Å². The molecular weight excluding hydrogens is 296 g/mol. The highest BCUT2D eigenvalue weighted by atomic mass is 15.3. The van der Waals surface area contributed by atoms with Crippen molar-refractivity contribution in [2.24, 2.45) is 10.8 Å². The number of hydrogen-bond acceptors (Lipinski definition) is 4. The van der Waals surface area contributed by atoms with E-state index in [0.29, 0.717) is 0 Å². The van der Waals surface area contributed by atoms with Crippen molar-refractivity contribution in [3.05, 3.63) is 84.2 Å². The third-order valence-corrected chi connectivity index (χ3v) is 3.75. The number of hydrogen-bond donors (Lipinski definition) is 2. The number of aromatic nitrogens is 1. The zero-order chi connectivity index (χ0) is 16.8. The van der Waals surface area contributed by atoms with Gasteiger partial charge in [-0.3, -0.25) is 10.4 Å². The highest BCUT2D eigenvalue weighted by Crippen LogP contribution is 2.20. The molecule has 0 amide bonds. The molecule has 4 heteroatoms. The molecule has 0 saturated heterocycles. The zero-order valence-electron chi connectivity index (χ0n) is 13.6. The van der Waals surface area contributed by atoms with Gasteiger partial charge in [-0.1, -0.05) is 42.5 Å². The SMILES string of the molecule is CC(N)c1ccc(/C=N/Nc2ccc(-c3cccnc3)cc2)cc1. The van der Waals surface area contributed by atoms with E-state index in [4.69, 9.17) is 5.73 Å². The predicted octanol–water partition coefficient (Wildman–Crippen LogP) is 4.21. The summed E-state index contributed by atoms with van der Waals surface area (Å²) >= 11 is 0. The summed E-state index contributed by atoms with van der Waals surface area (Å²) in [6, 6.07) is 20.2. The topological polar surface area (TPSA) is 63.3 Å². The predicted molar refractivity (Wildman–Crippen MR) is 99.9 cm³/mol. The lowest BCUT2D eigenvalue weighted by Gasteiger charge is -2.05. The van der Waals surface area contributed by atoms with E-state index in [1.165, 1.54) is 0 Å². The highest BCUT2D eigenvalue weighted by molar-refractivity contribution is 5.80. The minimum atomic E-state index is 0.0486. The van der Waals surface area contributed by atoms with Crippen LogP contribution in [0.3, 0.4) is 0 Å². The summed E-state index contributed by atoms with van der Waals surface area (Å²) in [5.41, 5.74) is 14.2. The Morgan fingerprint density at radius 2 is 1.75 bits per heavy atom. The Labute approximate surface area is 142 Å². The maximum Gasteiger partial charge on any atom is 0.0562 e. The van der Waals surface area contributed by atoms with Crippen LogP contribution in [0.25, 0.3) is 11.1 Å². The first-order valence-corrected chi connectivity index (χ1v) is 7.87. The maximum atomic E-state index is 5.84. The summed E-state index contributed by atoms with van der Waals surface area (Å²) in [5, 5.41) is 4.27. The lowest BCUT2D eigenvalue weighted by molar-refractivity contribution is 0.818. The quantitative estimate of drug-likeness (QED) is 0.547. The normalized spacial score (nSPS) is 12.2. The van der Waals surface area contributed by atoms with Crippen molar-refractivity contribution in [1.29, 1.82) is 0 Å². The fraction of sp³-hybridized carbons (Fsp3) is 0.100. The summed E-state index contributed by atoms with van der Waals surface area (Å²) in [6.07, 6.45) is 5.42. The lowest BCUT2D eigenvalue weighted by Crippen LogP contribution is -2.04. The number of nitrogens with two attached hydrogens (primary N) is 1. The van der Waals surface area contributed by atoms with Crippen LogP contribution < -0.4 is 11.2 Å². The third kappa shape index (κ3) is 4.06. The summed E-state index contributed by atoms with van der Waals surface area (Å²) < 4.78 is 0. The largest absolute Gasteiger partial charge is 0.324 e. The average molecular weight is 316 g/mol. The molecule has 1 aromatic heterocycles. The molecule has 3 rings (SSSR count). The zero-order valence-corrected chi connectivity index (χ0v) is 13.6. The van der Waals surface area contributed by atoms with Gasteiger partial charge in [0.2, 0.25) is 0 Å². The Hall–Kier alpha value is -2.98. The molecule has 3 N–H and O–H groups in total. The molecule has 0 radical (unpaired) electrons. The van der Waals surface area contributed by atoms with Crippen LogP contribution in [0.5, 0.6) is 0 Å². The van der Waals surface area contributed by atoms with E-state index in [1.54, 1.807) is 12.4 Å². The molecule has 0 aliphatic carbocycles. The molecule has 0 aliphatic rings. The first kappa shape index (κ1) is 15.9. The number of nitrogens with one attached hydrogen (secondary N) is 1. The number of anilines is 1. The van der Waals surface area contributed by atoms with Crippen LogP contribution in [-0.4, -0.2) is 11.2 Å². The molecule has 0 aliphatic heterocycles. The number of pyridine rings is 1. The van der Waals surface area contributed by atoms with Crippen LogP contribution in [0, 0.1) is 0 Å². The molecular formula is C20H20N4. The van der Waals surface area contributed by atoms with E-state index in [0.717, 1.165) is 27.9 Å². The van der Waals surface area contributed by atoms with Gasteiger partial charge in [0.15, 0.2) is 0 Å². The average Bonchev–Trinajstić information content (AvgIpc) is 2.63. The number of benzene rings is 2. The molecule has 0 saturated carbocycles. The number of nitrogens with zero attached hydrogens (tertiary/aromatic N) is 2. The van der Waals surface area contributed by atoms with Crippen molar-refractivity contribution >= 4 is 11.9 Å². The Bertz CT molecular complexity index is 791. The molecule has 0 fully saturated rings. The minimum absolute atomic E-state index is 0.0486. The molecule has 1 atom stereocenters. The number of rotatable bonds is 5. The van der Waals surface area contributed by atoms with Gasteiger partial charge in [0, 0.05) is 18.4 Å². The molecule has 4 nitrogen and oxygen atoms in total. The summed E-state index contributed by atoms with van der Waals surface area (Å²) in [7, 11) is 0. The Morgan fingerprint density at radius 3 is 2.38 bits per heavy atom. The summed E-state index contributed by atoms with van der Waals surface area (Å²) in [5.74, 6) is 0. The molecule has 0 bridgehead atoms. The van der Waals surface area contributed by atoms with Gasteiger partial charge in [-0.05, 0) is 47.4 Å². The molecule has 3 aromatic rings. The summed E-state index contributed by atoms with van der Waals surface area (Å²) in [6.45, 7) is 1.97. The van der Waals surface area contributed by atoms with E-state index in [-0.39, 0.29) is 6.04 Å². The van der Waals surface area contributed by atoms with Crippen molar-refractivity contribution in [3.63, 3.8) is 0 Å². The standard InChI is InChI=1S/C20H20N4/c1-15(21)17-6-4-16(5-7-17)13-23-24-20-10-8-18(9-11-20)19-3-2-12-22-14-19/h2-15,24H,21H2,1H3/b23-13+. The second-order valence-corrected chi connectivity index (χ2v) is 5.64. The van der Waals surface area contributed by atoms with Crippen molar-refractivity contribution in [1.82, 2.24) is 4.98 Å². The van der Waals surface area contributed by atoms with Crippen LogP contribution in [0.15, 0.2) is 78.2 Å². The first-order valence-electron chi connectivity index (χ1n) is 7.87. The molecule has 1 unspecified atom stereocenters. The second kappa shape index (κ2) is 7.53.